The molecule has 0 aromatic carbocycles. The standard InChI is InChI=1S/C20H28F2N6O3/c1-10(2)17(28-7-3-4-14(28)29)20(31)27-8-12(18(21)22)13(9-27)23-19(30)16-15(11-5-6-11)24-26-25-16/h10-13,17-18H,3-9H2,1-2H3,(H,23,30)(H,24,25,26)/t12-,13-,17?/m1/s1. The van der Waals surface area contributed by atoms with Crippen LogP contribution in [0.5, 0.6) is 0 Å². The summed E-state index contributed by atoms with van der Waals surface area (Å²) < 4.78 is 27.5. The molecule has 3 aliphatic rings. The van der Waals surface area contributed by atoms with E-state index in [4.69, 9.17) is 0 Å². The van der Waals surface area contributed by atoms with E-state index in [9.17, 15) is 23.2 Å². The largest absolute Gasteiger partial charge is 0.345 e. The smallest absolute Gasteiger partial charge is 0.274 e. The summed E-state index contributed by atoms with van der Waals surface area (Å²) in [6.45, 7) is 3.99. The average Bonchev–Trinajstić information content (AvgIpc) is 3.10. The fourth-order valence-corrected chi connectivity index (χ4v) is 4.63. The second kappa shape index (κ2) is 8.51. The van der Waals surface area contributed by atoms with E-state index in [0.29, 0.717) is 25.1 Å². The van der Waals surface area contributed by atoms with Crippen molar-refractivity contribution >= 4 is 17.7 Å². The highest BCUT2D eigenvalue weighted by molar-refractivity contribution is 5.94. The summed E-state index contributed by atoms with van der Waals surface area (Å²) in [4.78, 5) is 41.1. The van der Waals surface area contributed by atoms with E-state index in [1.807, 2.05) is 13.8 Å². The van der Waals surface area contributed by atoms with Crippen molar-refractivity contribution in [2.75, 3.05) is 19.6 Å². The molecular formula is C20H28F2N6O3. The number of aromatic amines is 1. The molecule has 0 bridgehead atoms. The molecule has 1 aliphatic carbocycles. The van der Waals surface area contributed by atoms with E-state index in [1.165, 1.54) is 4.90 Å². The first-order valence-corrected chi connectivity index (χ1v) is 10.9. The number of nitrogens with one attached hydrogen (secondary N) is 2. The van der Waals surface area contributed by atoms with E-state index in [0.717, 1.165) is 12.8 Å². The van der Waals surface area contributed by atoms with Gasteiger partial charge in [0, 0.05) is 32.0 Å². The summed E-state index contributed by atoms with van der Waals surface area (Å²) in [5, 5.41) is 13.0. The lowest BCUT2D eigenvalue weighted by atomic mass is 10.0. The molecule has 2 aliphatic heterocycles. The van der Waals surface area contributed by atoms with Crippen LogP contribution in [-0.2, 0) is 9.59 Å². The van der Waals surface area contributed by atoms with Gasteiger partial charge in [0.1, 0.15) is 6.04 Å². The van der Waals surface area contributed by atoms with Gasteiger partial charge in [-0.2, -0.15) is 15.4 Å². The van der Waals surface area contributed by atoms with Crippen LogP contribution in [0.15, 0.2) is 0 Å². The minimum atomic E-state index is -2.70. The summed E-state index contributed by atoms with van der Waals surface area (Å²) >= 11 is 0. The molecule has 3 heterocycles. The van der Waals surface area contributed by atoms with Crippen molar-refractivity contribution in [3.8, 4) is 0 Å². The zero-order valence-electron chi connectivity index (χ0n) is 17.7. The second-order valence-electron chi connectivity index (χ2n) is 9.03. The van der Waals surface area contributed by atoms with Crippen molar-refractivity contribution in [3.63, 3.8) is 0 Å². The number of nitrogens with zero attached hydrogens (tertiary/aromatic N) is 4. The van der Waals surface area contributed by atoms with Gasteiger partial charge in [0.2, 0.25) is 18.2 Å². The number of carbonyl (C=O) groups excluding carboxylic acids is 3. The Bertz CT molecular complexity index is 856. The number of amides is 3. The first kappa shape index (κ1) is 21.6. The van der Waals surface area contributed by atoms with E-state index in [1.54, 1.807) is 4.90 Å². The van der Waals surface area contributed by atoms with Crippen molar-refractivity contribution in [2.45, 2.75) is 64.0 Å². The van der Waals surface area contributed by atoms with Crippen molar-refractivity contribution in [1.82, 2.24) is 30.5 Å². The lowest BCUT2D eigenvalue weighted by molar-refractivity contribution is -0.144. The third kappa shape index (κ3) is 4.27. The molecule has 1 aromatic rings. The fourth-order valence-electron chi connectivity index (χ4n) is 4.63. The van der Waals surface area contributed by atoms with E-state index in [2.05, 4.69) is 20.7 Å². The molecule has 3 atom stereocenters. The van der Waals surface area contributed by atoms with Gasteiger partial charge < -0.3 is 15.1 Å². The number of H-pyrrole nitrogens is 1. The summed E-state index contributed by atoms with van der Waals surface area (Å²) in [5.74, 6) is -2.14. The number of rotatable bonds is 7. The monoisotopic (exact) mass is 438 g/mol. The van der Waals surface area contributed by atoms with Gasteiger partial charge in [-0.25, -0.2) is 8.78 Å². The predicted molar refractivity (Wildman–Crippen MR) is 105 cm³/mol. The summed E-state index contributed by atoms with van der Waals surface area (Å²) in [6, 6.07) is -1.58. The van der Waals surface area contributed by atoms with Gasteiger partial charge in [0.25, 0.3) is 5.91 Å². The zero-order valence-corrected chi connectivity index (χ0v) is 17.7. The SMILES string of the molecule is CC(C)C(C(=O)N1C[C@@H](NC(=O)c2n[nH]nc2C2CC2)[C@H](C(F)F)C1)N1CCCC1=O. The Balaban J connectivity index is 1.48. The van der Waals surface area contributed by atoms with Gasteiger partial charge >= 0.3 is 0 Å². The van der Waals surface area contributed by atoms with Gasteiger partial charge in [-0.1, -0.05) is 13.8 Å². The third-order valence-corrected chi connectivity index (χ3v) is 6.40. The van der Waals surface area contributed by atoms with Gasteiger partial charge in [-0.3, -0.25) is 14.4 Å². The Morgan fingerprint density at radius 3 is 2.52 bits per heavy atom. The Morgan fingerprint density at radius 2 is 1.94 bits per heavy atom. The van der Waals surface area contributed by atoms with E-state index < -0.39 is 30.3 Å². The molecule has 1 unspecified atom stereocenters. The molecule has 3 fully saturated rings. The maximum Gasteiger partial charge on any atom is 0.274 e. The first-order valence-electron chi connectivity index (χ1n) is 10.9. The van der Waals surface area contributed by atoms with Crippen LogP contribution in [0.2, 0.25) is 0 Å². The molecule has 1 saturated carbocycles. The van der Waals surface area contributed by atoms with Gasteiger partial charge in [0.05, 0.1) is 17.7 Å². The molecule has 9 nitrogen and oxygen atoms in total. The lowest BCUT2D eigenvalue weighted by Gasteiger charge is -2.33. The van der Waals surface area contributed by atoms with E-state index in [-0.39, 0.29) is 42.4 Å². The lowest BCUT2D eigenvalue weighted by Crippen LogP contribution is -2.52. The maximum absolute atomic E-state index is 13.8. The Labute approximate surface area is 178 Å². The predicted octanol–water partition coefficient (Wildman–Crippen LogP) is 1.15. The Hall–Kier alpha value is -2.59. The number of hydrogen-bond donors (Lipinski definition) is 2. The number of aromatic nitrogens is 3. The van der Waals surface area contributed by atoms with Crippen LogP contribution < -0.4 is 5.32 Å². The number of likely N-dealkylation sites (tertiary alicyclic amines) is 2. The van der Waals surface area contributed by atoms with Crippen LogP contribution in [0.4, 0.5) is 8.78 Å². The van der Waals surface area contributed by atoms with Crippen LogP contribution in [-0.4, -0.2) is 81.1 Å². The Kier molecular flexibility index (Phi) is 5.94. The van der Waals surface area contributed by atoms with Crippen molar-refractivity contribution in [2.24, 2.45) is 11.8 Å². The van der Waals surface area contributed by atoms with Crippen LogP contribution in [0, 0.1) is 11.8 Å². The van der Waals surface area contributed by atoms with Crippen LogP contribution >= 0.6 is 0 Å². The number of carbonyl (C=O) groups is 3. The quantitative estimate of drug-likeness (QED) is 0.664. The van der Waals surface area contributed by atoms with Crippen LogP contribution in [0.1, 0.15) is 61.6 Å². The van der Waals surface area contributed by atoms with Crippen molar-refractivity contribution in [1.29, 1.82) is 0 Å². The highest BCUT2D eigenvalue weighted by Gasteiger charge is 2.45. The highest BCUT2D eigenvalue weighted by Crippen LogP contribution is 2.40. The molecule has 2 saturated heterocycles. The third-order valence-electron chi connectivity index (χ3n) is 6.40. The number of halogens is 2. The van der Waals surface area contributed by atoms with Crippen LogP contribution in [0.25, 0.3) is 0 Å². The maximum atomic E-state index is 13.8. The Morgan fingerprint density at radius 1 is 1.19 bits per heavy atom. The minimum absolute atomic E-state index is 0.0263. The molecule has 3 amide bonds. The van der Waals surface area contributed by atoms with Crippen molar-refractivity contribution in [3.05, 3.63) is 11.4 Å². The molecule has 0 spiro atoms. The second-order valence-corrected chi connectivity index (χ2v) is 9.03. The zero-order chi connectivity index (χ0) is 22.3. The first-order chi connectivity index (χ1) is 14.8. The molecular weight excluding hydrogens is 410 g/mol. The normalized spacial score (nSPS) is 25.0. The molecule has 0 radical (unpaired) electrons. The van der Waals surface area contributed by atoms with Gasteiger partial charge in [-0.15, -0.1) is 0 Å². The highest BCUT2D eigenvalue weighted by atomic mass is 19.3. The molecule has 31 heavy (non-hydrogen) atoms. The summed E-state index contributed by atoms with van der Waals surface area (Å²) in [6.07, 6.45) is 0.229. The summed E-state index contributed by atoms with van der Waals surface area (Å²) in [7, 11) is 0. The van der Waals surface area contributed by atoms with Crippen LogP contribution in [0.3, 0.4) is 0 Å². The molecule has 11 heteroatoms. The van der Waals surface area contributed by atoms with E-state index >= 15 is 0 Å². The molecule has 1 aromatic heterocycles. The minimum Gasteiger partial charge on any atom is -0.345 e. The molecule has 4 rings (SSSR count). The van der Waals surface area contributed by atoms with Gasteiger partial charge in [-0.05, 0) is 25.2 Å². The van der Waals surface area contributed by atoms with Gasteiger partial charge in [0.15, 0.2) is 5.69 Å². The number of alkyl halides is 2. The molecule has 2 N–H and O–H groups in total. The summed E-state index contributed by atoms with van der Waals surface area (Å²) in [5.41, 5.74) is 0.687. The van der Waals surface area contributed by atoms with Crippen molar-refractivity contribution < 1.29 is 23.2 Å². The fraction of sp³-hybridized carbons (Fsp3) is 0.750. The average molecular weight is 438 g/mol. The number of hydrogen-bond acceptors (Lipinski definition) is 5. The molecule has 170 valence electrons. The topological polar surface area (TPSA) is 111 Å².